The summed E-state index contributed by atoms with van der Waals surface area (Å²) in [6.07, 6.45) is 2.32. The molecule has 2 heterocycles. The minimum Gasteiger partial charge on any atom is -0.497 e. The van der Waals surface area contributed by atoms with Crippen LogP contribution in [0.2, 0.25) is 0 Å². The van der Waals surface area contributed by atoms with Crippen LogP contribution in [0.15, 0.2) is 36.5 Å². The molecule has 0 bridgehead atoms. The fourth-order valence-electron chi connectivity index (χ4n) is 2.31. The van der Waals surface area contributed by atoms with Crippen LogP contribution in [0.3, 0.4) is 0 Å². The van der Waals surface area contributed by atoms with E-state index in [2.05, 4.69) is 10.3 Å². The second kappa shape index (κ2) is 5.36. The lowest BCUT2D eigenvalue weighted by Crippen LogP contribution is -2.20. The molecule has 0 saturated heterocycles. The van der Waals surface area contributed by atoms with Crippen LogP contribution in [-0.2, 0) is 0 Å². The Bertz CT molecular complexity index is 601. The Balaban J connectivity index is 1.87. The van der Waals surface area contributed by atoms with Gasteiger partial charge in [0.1, 0.15) is 11.5 Å². The molecule has 5 heteroatoms. The molecule has 0 amide bonds. The SMILES string of the molecule is COc1ccc2c(c1)C(Nc1ccc(F)nc1)CCO2. The number of nitrogens with zero attached hydrogens (tertiary/aromatic N) is 1. The Kier molecular flexibility index (Phi) is 3.41. The zero-order valence-electron chi connectivity index (χ0n) is 11.1. The van der Waals surface area contributed by atoms with Gasteiger partial charge in [0.25, 0.3) is 0 Å². The van der Waals surface area contributed by atoms with E-state index >= 15 is 0 Å². The number of methoxy groups -OCH3 is 1. The van der Waals surface area contributed by atoms with Gasteiger partial charge in [0.15, 0.2) is 0 Å². The normalized spacial score (nSPS) is 17.0. The zero-order chi connectivity index (χ0) is 13.9. The van der Waals surface area contributed by atoms with Gasteiger partial charge < -0.3 is 14.8 Å². The molecule has 1 aliphatic heterocycles. The van der Waals surface area contributed by atoms with Crippen LogP contribution in [0, 0.1) is 5.95 Å². The Labute approximate surface area is 116 Å². The summed E-state index contributed by atoms with van der Waals surface area (Å²) in [5.41, 5.74) is 1.83. The summed E-state index contributed by atoms with van der Waals surface area (Å²) in [4.78, 5) is 3.65. The first-order valence-electron chi connectivity index (χ1n) is 6.45. The van der Waals surface area contributed by atoms with Crippen molar-refractivity contribution >= 4 is 5.69 Å². The summed E-state index contributed by atoms with van der Waals surface area (Å²) in [6, 6.07) is 8.86. The van der Waals surface area contributed by atoms with Crippen molar-refractivity contribution < 1.29 is 13.9 Å². The molecular formula is C15H15FN2O2. The molecule has 1 atom stereocenters. The molecule has 3 rings (SSSR count). The highest BCUT2D eigenvalue weighted by molar-refractivity contribution is 5.49. The van der Waals surface area contributed by atoms with Gasteiger partial charge in [-0.1, -0.05) is 0 Å². The number of benzene rings is 1. The Morgan fingerprint density at radius 2 is 2.25 bits per heavy atom. The number of halogens is 1. The van der Waals surface area contributed by atoms with Gasteiger partial charge in [0, 0.05) is 12.0 Å². The average molecular weight is 274 g/mol. The van der Waals surface area contributed by atoms with E-state index in [-0.39, 0.29) is 6.04 Å². The number of anilines is 1. The first-order chi connectivity index (χ1) is 9.76. The monoisotopic (exact) mass is 274 g/mol. The third-order valence-corrected chi connectivity index (χ3v) is 3.32. The van der Waals surface area contributed by atoms with Crippen LogP contribution in [0.5, 0.6) is 11.5 Å². The quantitative estimate of drug-likeness (QED) is 0.873. The molecule has 0 spiro atoms. The van der Waals surface area contributed by atoms with Gasteiger partial charge in [-0.05, 0) is 30.3 Å². The number of hydrogen-bond acceptors (Lipinski definition) is 4. The van der Waals surface area contributed by atoms with Crippen molar-refractivity contribution in [1.82, 2.24) is 4.98 Å². The van der Waals surface area contributed by atoms with E-state index in [1.54, 1.807) is 13.2 Å². The van der Waals surface area contributed by atoms with E-state index in [1.165, 1.54) is 12.3 Å². The highest BCUT2D eigenvalue weighted by Crippen LogP contribution is 2.36. The highest BCUT2D eigenvalue weighted by Gasteiger charge is 2.22. The lowest BCUT2D eigenvalue weighted by molar-refractivity contribution is 0.273. The van der Waals surface area contributed by atoms with Crippen LogP contribution >= 0.6 is 0 Å². The van der Waals surface area contributed by atoms with Crippen molar-refractivity contribution in [3.8, 4) is 11.5 Å². The van der Waals surface area contributed by atoms with Crippen molar-refractivity contribution in [2.45, 2.75) is 12.5 Å². The van der Waals surface area contributed by atoms with E-state index < -0.39 is 5.95 Å². The topological polar surface area (TPSA) is 43.4 Å². The lowest BCUT2D eigenvalue weighted by Gasteiger charge is -2.27. The van der Waals surface area contributed by atoms with E-state index in [0.29, 0.717) is 6.61 Å². The maximum Gasteiger partial charge on any atom is 0.212 e. The highest BCUT2D eigenvalue weighted by atomic mass is 19.1. The molecule has 0 aliphatic carbocycles. The van der Waals surface area contributed by atoms with Gasteiger partial charge in [-0.2, -0.15) is 4.39 Å². The molecule has 1 aliphatic rings. The van der Waals surface area contributed by atoms with Gasteiger partial charge >= 0.3 is 0 Å². The van der Waals surface area contributed by atoms with Crippen LogP contribution < -0.4 is 14.8 Å². The second-order valence-electron chi connectivity index (χ2n) is 4.61. The standard InChI is InChI=1S/C15H15FN2O2/c1-19-11-3-4-14-12(8-11)13(6-7-20-14)18-10-2-5-15(16)17-9-10/h2-5,8-9,13,18H,6-7H2,1H3. The smallest absolute Gasteiger partial charge is 0.212 e. The van der Waals surface area contributed by atoms with Crippen molar-refractivity contribution in [3.63, 3.8) is 0 Å². The summed E-state index contributed by atoms with van der Waals surface area (Å²) >= 11 is 0. The molecule has 2 aromatic rings. The third kappa shape index (κ3) is 2.52. The van der Waals surface area contributed by atoms with E-state index in [0.717, 1.165) is 29.2 Å². The average Bonchev–Trinajstić information content (AvgIpc) is 2.49. The van der Waals surface area contributed by atoms with E-state index in [9.17, 15) is 4.39 Å². The predicted octanol–water partition coefficient (Wildman–Crippen LogP) is 3.17. The number of pyridine rings is 1. The molecule has 0 radical (unpaired) electrons. The van der Waals surface area contributed by atoms with Gasteiger partial charge in [-0.15, -0.1) is 0 Å². The van der Waals surface area contributed by atoms with Crippen molar-refractivity contribution in [2.24, 2.45) is 0 Å². The summed E-state index contributed by atoms with van der Waals surface area (Å²) in [5, 5.41) is 3.35. The first kappa shape index (κ1) is 12.7. The summed E-state index contributed by atoms with van der Waals surface area (Å²) in [5.74, 6) is 1.16. The van der Waals surface area contributed by atoms with Gasteiger partial charge in [0.2, 0.25) is 5.95 Å². The van der Waals surface area contributed by atoms with Gasteiger partial charge in [0.05, 0.1) is 31.6 Å². The van der Waals surface area contributed by atoms with Crippen LogP contribution in [0.25, 0.3) is 0 Å². The fraction of sp³-hybridized carbons (Fsp3) is 0.267. The number of fused-ring (bicyclic) bond motifs is 1. The Hall–Kier alpha value is -2.30. The minimum absolute atomic E-state index is 0.0983. The third-order valence-electron chi connectivity index (χ3n) is 3.32. The second-order valence-corrected chi connectivity index (χ2v) is 4.61. The van der Waals surface area contributed by atoms with Crippen molar-refractivity contribution in [2.75, 3.05) is 19.0 Å². The number of aromatic nitrogens is 1. The van der Waals surface area contributed by atoms with Crippen LogP contribution in [0.4, 0.5) is 10.1 Å². The first-order valence-corrected chi connectivity index (χ1v) is 6.45. The van der Waals surface area contributed by atoms with Crippen molar-refractivity contribution in [3.05, 3.63) is 48.0 Å². The molecule has 20 heavy (non-hydrogen) atoms. The molecular weight excluding hydrogens is 259 g/mol. The van der Waals surface area contributed by atoms with Crippen LogP contribution in [0.1, 0.15) is 18.0 Å². The molecule has 0 fully saturated rings. The van der Waals surface area contributed by atoms with E-state index in [1.807, 2.05) is 18.2 Å². The summed E-state index contributed by atoms with van der Waals surface area (Å²) in [7, 11) is 1.64. The largest absolute Gasteiger partial charge is 0.497 e. The summed E-state index contributed by atoms with van der Waals surface area (Å²) < 4.78 is 23.7. The number of rotatable bonds is 3. The molecule has 1 unspecified atom stereocenters. The van der Waals surface area contributed by atoms with E-state index in [4.69, 9.17) is 9.47 Å². The maximum absolute atomic E-state index is 12.8. The van der Waals surface area contributed by atoms with Gasteiger partial charge in [-0.3, -0.25) is 0 Å². The minimum atomic E-state index is -0.482. The Morgan fingerprint density at radius 1 is 1.35 bits per heavy atom. The number of nitrogens with one attached hydrogen (secondary N) is 1. The summed E-state index contributed by atoms with van der Waals surface area (Å²) in [6.45, 7) is 0.644. The number of hydrogen-bond donors (Lipinski definition) is 1. The lowest BCUT2D eigenvalue weighted by atomic mass is 10.00. The Morgan fingerprint density at radius 3 is 3.00 bits per heavy atom. The molecule has 4 nitrogen and oxygen atoms in total. The van der Waals surface area contributed by atoms with Crippen molar-refractivity contribution in [1.29, 1.82) is 0 Å². The molecule has 1 N–H and O–H groups in total. The predicted molar refractivity (Wildman–Crippen MR) is 73.7 cm³/mol. The van der Waals surface area contributed by atoms with Crippen LogP contribution in [-0.4, -0.2) is 18.7 Å². The molecule has 104 valence electrons. The van der Waals surface area contributed by atoms with Gasteiger partial charge in [-0.25, -0.2) is 4.98 Å². The molecule has 0 saturated carbocycles. The molecule has 1 aromatic heterocycles. The zero-order valence-corrected chi connectivity index (χ0v) is 11.1. The maximum atomic E-state index is 12.8. The number of ether oxygens (including phenoxy) is 2. The molecule has 1 aromatic carbocycles. The fourth-order valence-corrected chi connectivity index (χ4v) is 2.31.